The molecule has 4 aromatic rings. The molecule has 4 heterocycles. The van der Waals surface area contributed by atoms with Gasteiger partial charge in [0.2, 0.25) is 5.82 Å². The minimum atomic E-state index is -0.462. The zero-order valence-corrected chi connectivity index (χ0v) is 16.9. The number of hydrogen-bond donors (Lipinski definition) is 3. The zero-order chi connectivity index (χ0) is 21.4. The fraction of sp³-hybridized carbons (Fsp3) is 0.250. The highest BCUT2D eigenvalue weighted by molar-refractivity contribution is 6.03. The number of nitrogens with one attached hydrogen (secondary N) is 3. The van der Waals surface area contributed by atoms with Crippen LogP contribution in [0.1, 0.15) is 10.6 Å². The molecule has 0 spiro atoms. The molecule has 0 atom stereocenters. The number of nitrogens with zero attached hydrogens (tertiary/aromatic N) is 6. The van der Waals surface area contributed by atoms with Crippen LogP contribution >= 0.6 is 0 Å². The van der Waals surface area contributed by atoms with Gasteiger partial charge in [-0.05, 0) is 18.2 Å². The number of H-pyrrole nitrogens is 1. The fourth-order valence-electron chi connectivity index (χ4n) is 3.79. The third-order valence-electron chi connectivity index (χ3n) is 5.35. The van der Waals surface area contributed by atoms with E-state index in [0.29, 0.717) is 11.2 Å². The van der Waals surface area contributed by atoms with Crippen LogP contribution in [0.5, 0.6) is 0 Å². The number of anilines is 2. The monoisotopic (exact) mass is 419 g/mol. The van der Waals surface area contributed by atoms with Gasteiger partial charge in [0.1, 0.15) is 0 Å². The van der Waals surface area contributed by atoms with E-state index in [9.17, 15) is 9.59 Å². The number of fused-ring (bicyclic) bond motifs is 1. The third kappa shape index (κ3) is 3.34. The van der Waals surface area contributed by atoms with Crippen LogP contribution in [0, 0.1) is 0 Å². The first-order chi connectivity index (χ1) is 15.1. The van der Waals surface area contributed by atoms with E-state index in [2.05, 4.69) is 35.7 Å². The van der Waals surface area contributed by atoms with Crippen molar-refractivity contribution >= 4 is 28.3 Å². The van der Waals surface area contributed by atoms with Crippen LogP contribution in [0.4, 0.5) is 11.4 Å². The number of pyridine rings is 1. The molecule has 1 amide bonds. The number of aryl methyl sites for hydroxylation is 1. The molecule has 31 heavy (non-hydrogen) atoms. The van der Waals surface area contributed by atoms with Crippen molar-refractivity contribution in [3.05, 3.63) is 59.0 Å². The second kappa shape index (κ2) is 7.69. The number of aromatic nitrogens is 6. The lowest BCUT2D eigenvalue weighted by atomic mass is 10.2. The van der Waals surface area contributed by atoms with Crippen molar-refractivity contribution in [3.63, 3.8) is 0 Å². The quantitative estimate of drug-likeness (QED) is 0.440. The lowest BCUT2D eigenvalue weighted by Crippen LogP contribution is -2.43. The summed E-state index contributed by atoms with van der Waals surface area (Å²) in [4.78, 5) is 36.1. The molecule has 1 saturated heterocycles. The summed E-state index contributed by atoms with van der Waals surface area (Å²) in [6.45, 7) is 3.43. The molecule has 3 aromatic heterocycles. The van der Waals surface area contributed by atoms with Crippen LogP contribution in [-0.2, 0) is 7.05 Å². The molecule has 1 aliphatic rings. The van der Waals surface area contributed by atoms with Crippen LogP contribution in [0.2, 0.25) is 0 Å². The lowest BCUT2D eigenvalue weighted by molar-refractivity contribution is 0.101. The standard InChI is InChI=1S/C20H21N9O2/c1-27-15-4-2-3-5-16(15)29(20(27)31)19-24-17(25-26-19)18(30)23-13-12-22-7-6-14(13)28-10-8-21-9-11-28/h2-7,12,21H,8-11H2,1H3,(H,23,30)(H,24,25,26). The normalized spacial score (nSPS) is 14.2. The van der Waals surface area contributed by atoms with E-state index in [1.54, 1.807) is 19.4 Å². The average molecular weight is 419 g/mol. The van der Waals surface area contributed by atoms with Crippen molar-refractivity contribution < 1.29 is 4.79 Å². The Bertz CT molecular complexity index is 1310. The number of para-hydroxylation sites is 2. The van der Waals surface area contributed by atoms with E-state index in [-0.39, 0.29) is 17.5 Å². The molecule has 5 rings (SSSR count). The van der Waals surface area contributed by atoms with Gasteiger partial charge < -0.3 is 15.5 Å². The van der Waals surface area contributed by atoms with Gasteiger partial charge in [-0.1, -0.05) is 12.1 Å². The number of piperazine rings is 1. The van der Waals surface area contributed by atoms with E-state index in [0.717, 1.165) is 37.4 Å². The molecule has 0 bridgehead atoms. The van der Waals surface area contributed by atoms with Gasteiger partial charge in [-0.2, -0.15) is 4.98 Å². The van der Waals surface area contributed by atoms with Gasteiger partial charge in [0, 0.05) is 39.4 Å². The molecular weight excluding hydrogens is 398 g/mol. The summed E-state index contributed by atoms with van der Waals surface area (Å²) in [5.41, 5.74) is 2.61. The number of benzene rings is 1. The maximum Gasteiger partial charge on any atom is 0.335 e. The van der Waals surface area contributed by atoms with Crippen LogP contribution in [0.15, 0.2) is 47.5 Å². The van der Waals surface area contributed by atoms with Crippen molar-refractivity contribution in [2.75, 3.05) is 36.4 Å². The summed E-state index contributed by atoms with van der Waals surface area (Å²) in [7, 11) is 1.68. The molecule has 1 aliphatic heterocycles. The number of carbonyl (C=O) groups is 1. The largest absolute Gasteiger partial charge is 0.367 e. The Labute approximate surface area is 176 Å². The second-order valence-electron chi connectivity index (χ2n) is 7.23. The summed E-state index contributed by atoms with van der Waals surface area (Å²) in [6, 6.07) is 9.21. The van der Waals surface area contributed by atoms with E-state index < -0.39 is 5.91 Å². The van der Waals surface area contributed by atoms with Gasteiger partial charge in [-0.25, -0.2) is 9.36 Å². The topological polar surface area (TPSA) is 126 Å². The Morgan fingerprint density at radius 2 is 1.90 bits per heavy atom. The first-order valence-electron chi connectivity index (χ1n) is 9.94. The molecule has 1 aromatic carbocycles. The van der Waals surface area contributed by atoms with Gasteiger partial charge >= 0.3 is 5.69 Å². The molecule has 158 valence electrons. The first kappa shape index (κ1) is 19.0. The molecular formula is C20H21N9O2. The van der Waals surface area contributed by atoms with Crippen LogP contribution < -0.4 is 21.2 Å². The summed E-state index contributed by atoms with van der Waals surface area (Å²) < 4.78 is 2.89. The Hall–Kier alpha value is -3.99. The molecule has 0 aliphatic carbocycles. The summed E-state index contributed by atoms with van der Waals surface area (Å²) in [6.07, 6.45) is 3.31. The van der Waals surface area contributed by atoms with Gasteiger partial charge in [0.25, 0.3) is 11.9 Å². The molecule has 0 unspecified atom stereocenters. The molecule has 3 N–H and O–H groups in total. The number of amides is 1. The number of hydrogen-bond acceptors (Lipinski definition) is 7. The highest BCUT2D eigenvalue weighted by Crippen LogP contribution is 2.25. The van der Waals surface area contributed by atoms with Crippen molar-refractivity contribution in [2.45, 2.75) is 0 Å². The smallest absolute Gasteiger partial charge is 0.335 e. The Balaban J connectivity index is 1.44. The maximum absolute atomic E-state index is 12.9. The Morgan fingerprint density at radius 3 is 2.71 bits per heavy atom. The van der Waals surface area contributed by atoms with Gasteiger partial charge in [0.05, 0.1) is 28.6 Å². The minimum Gasteiger partial charge on any atom is -0.367 e. The number of imidazole rings is 1. The highest BCUT2D eigenvalue weighted by atomic mass is 16.2. The molecule has 11 heteroatoms. The maximum atomic E-state index is 12.9. The second-order valence-corrected chi connectivity index (χ2v) is 7.23. The molecule has 1 fully saturated rings. The first-order valence-corrected chi connectivity index (χ1v) is 9.94. The van der Waals surface area contributed by atoms with Crippen molar-refractivity contribution in [1.82, 2.24) is 34.6 Å². The minimum absolute atomic E-state index is 0.00458. The van der Waals surface area contributed by atoms with E-state index >= 15 is 0 Å². The van der Waals surface area contributed by atoms with Crippen LogP contribution in [-0.4, -0.2) is 61.4 Å². The van der Waals surface area contributed by atoms with Crippen LogP contribution in [0.25, 0.3) is 17.0 Å². The fourth-order valence-corrected chi connectivity index (χ4v) is 3.79. The molecule has 11 nitrogen and oxygen atoms in total. The Kier molecular flexibility index (Phi) is 4.71. The highest BCUT2D eigenvalue weighted by Gasteiger charge is 2.20. The number of aromatic amines is 1. The summed E-state index contributed by atoms with van der Waals surface area (Å²) >= 11 is 0. The van der Waals surface area contributed by atoms with Crippen LogP contribution in [0.3, 0.4) is 0 Å². The number of rotatable bonds is 4. The third-order valence-corrected chi connectivity index (χ3v) is 5.35. The average Bonchev–Trinajstić information content (AvgIpc) is 3.38. The van der Waals surface area contributed by atoms with Crippen molar-refractivity contribution in [3.8, 4) is 5.95 Å². The van der Waals surface area contributed by atoms with E-state index in [4.69, 9.17) is 0 Å². The van der Waals surface area contributed by atoms with E-state index in [1.165, 1.54) is 9.13 Å². The predicted octanol–water partition coefficient (Wildman–Crippen LogP) is 0.504. The van der Waals surface area contributed by atoms with E-state index in [1.807, 2.05) is 30.3 Å². The molecule has 0 saturated carbocycles. The summed E-state index contributed by atoms with van der Waals surface area (Å²) in [5.74, 6) is -0.346. The molecule has 0 radical (unpaired) electrons. The SMILES string of the molecule is Cn1c(=O)n(-c2n[nH]c(C(=O)Nc3cnccc3N3CCNCC3)n2)c2ccccc21. The zero-order valence-electron chi connectivity index (χ0n) is 16.9. The summed E-state index contributed by atoms with van der Waals surface area (Å²) in [5, 5.41) is 12.9. The predicted molar refractivity (Wildman–Crippen MR) is 116 cm³/mol. The van der Waals surface area contributed by atoms with Gasteiger partial charge in [-0.15, -0.1) is 5.10 Å². The lowest BCUT2D eigenvalue weighted by Gasteiger charge is -2.30. The van der Waals surface area contributed by atoms with Crippen molar-refractivity contribution in [1.29, 1.82) is 0 Å². The van der Waals surface area contributed by atoms with Crippen molar-refractivity contribution in [2.24, 2.45) is 7.05 Å². The van der Waals surface area contributed by atoms with Gasteiger partial charge in [-0.3, -0.25) is 19.4 Å². The number of carbonyl (C=O) groups excluding carboxylic acids is 1. The Morgan fingerprint density at radius 1 is 1.13 bits per heavy atom. The van der Waals surface area contributed by atoms with Gasteiger partial charge in [0.15, 0.2) is 0 Å².